The Labute approximate surface area is 140 Å². The average Bonchev–Trinajstić information content (AvgIpc) is 2.52. The van der Waals surface area contributed by atoms with E-state index in [1.807, 2.05) is 44.2 Å². The molecular formula is C20H30O3. The molecule has 0 aliphatic rings. The number of ether oxygens (including phenoxy) is 1. The van der Waals surface area contributed by atoms with E-state index in [-0.39, 0.29) is 18.2 Å². The van der Waals surface area contributed by atoms with Crippen LogP contribution in [0.2, 0.25) is 0 Å². The van der Waals surface area contributed by atoms with E-state index in [1.165, 1.54) is 6.92 Å². The van der Waals surface area contributed by atoms with Gasteiger partial charge in [-0.3, -0.25) is 4.79 Å². The number of unbranched alkanes of at least 4 members (excludes halogenated alkanes) is 3. The van der Waals surface area contributed by atoms with Gasteiger partial charge < -0.3 is 9.53 Å². The molecule has 3 nitrogen and oxygen atoms in total. The van der Waals surface area contributed by atoms with Crippen LogP contribution in [0.1, 0.15) is 65.4 Å². The van der Waals surface area contributed by atoms with Crippen LogP contribution in [0.15, 0.2) is 30.3 Å². The van der Waals surface area contributed by atoms with Gasteiger partial charge in [-0.1, -0.05) is 70.4 Å². The summed E-state index contributed by atoms with van der Waals surface area (Å²) < 4.78 is 5.47. The zero-order chi connectivity index (χ0) is 17.3. The van der Waals surface area contributed by atoms with E-state index in [9.17, 15) is 9.59 Å². The fourth-order valence-corrected chi connectivity index (χ4v) is 2.79. The van der Waals surface area contributed by atoms with Crippen molar-refractivity contribution >= 4 is 11.8 Å². The minimum absolute atomic E-state index is 0.0157. The minimum atomic E-state index is -0.450. The number of benzene rings is 1. The molecular weight excluding hydrogens is 288 g/mol. The van der Waals surface area contributed by atoms with Crippen molar-refractivity contribution in [2.75, 3.05) is 6.61 Å². The maximum atomic E-state index is 12.6. The molecule has 1 aromatic carbocycles. The molecule has 1 rings (SSSR count). The monoisotopic (exact) mass is 318 g/mol. The van der Waals surface area contributed by atoms with Crippen LogP contribution >= 0.6 is 0 Å². The van der Waals surface area contributed by atoms with E-state index in [0.29, 0.717) is 6.61 Å². The molecule has 0 aliphatic carbocycles. The number of carbonyl (C=O) groups is 2. The Bertz CT molecular complexity index is 491. The summed E-state index contributed by atoms with van der Waals surface area (Å²) in [5.41, 5.74) is 0.613. The smallest absolute Gasteiger partial charge is 0.310 e. The number of rotatable bonds is 10. The van der Waals surface area contributed by atoms with Crippen LogP contribution in [0, 0.1) is 5.92 Å². The molecule has 1 aromatic rings. The molecule has 0 radical (unpaired) electrons. The third-order valence-electron chi connectivity index (χ3n) is 4.41. The third-order valence-corrected chi connectivity index (χ3v) is 4.41. The van der Waals surface area contributed by atoms with Crippen LogP contribution in [-0.2, 0) is 19.7 Å². The first-order chi connectivity index (χ1) is 10.9. The largest absolute Gasteiger partial charge is 0.465 e. The lowest BCUT2D eigenvalue weighted by atomic mass is 9.71. The second kappa shape index (κ2) is 9.49. The second-order valence-electron chi connectivity index (χ2n) is 6.77. The summed E-state index contributed by atoms with van der Waals surface area (Å²) in [4.78, 5) is 24.2. The zero-order valence-electron chi connectivity index (χ0n) is 14.9. The van der Waals surface area contributed by atoms with Crippen molar-refractivity contribution in [1.29, 1.82) is 0 Å². The summed E-state index contributed by atoms with van der Waals surface area (Å²) in [7, 11) is 0. The van der Waals surface area contributed by atoms with Crippen molar-refractivity contribution in [2.45, 2.75) is 65.2 Å². The number of ketones is 1. The van der Waals surface area contributed by atoms with Gasteiger partial charge >= 0.3 is 5.97 Å². The highest BCUT2D eigenvalue weighted by atomic mass is 16.5. The van der Waals surface area contributed by atoms with Crippen LogP contribution in [0.25, 0.3) is 0 Å². The van der Waals surface area contributed by atoms with E-state index in [0.717, 1.165) is 31.2 Å². The second-order valence-corrected chi connectivity index (χ2v) is 6.77. The van der Waals surface area contributed by atoms with Gasteiger partial charge in [-0.2, -0.15) is 0 Å². The zero-order valence-corrected chi connectivity index (χ0v) is 14.9. The first-order valence-electron chi connectivity index (χ1n) is 8.61. The highest BCUT2D eigenvalue weighted by Gasteiger charge is 2.38. The fourth-order valence-electron chi connectivity index (χ4n) is 2.79. The van der Waals surface area contributed by atoms with Gasteiger partial charge in [0.2, 0.25) is 0 Å². The van der Waals surface area contributed by atoms with Crippen LogP contribution < -0.4 is 0 Å². The lowest BCUT2D eigenvalue weighted by molar-refractivity contribution is -0.152. The van der Waals surface area contributed by atoms with Crippen molar-refractivity contribution in [3.05, 3.63) is 35.9 Å². The Kier molecular flexibility index (Phi) is 8.01. The molecule has 0 saturated heterocycles. The Morgan fingerprint density at radius 2 is 1.74 bits per heavy atom. The Balaban J connectivity index is 2.78. The molecule has 0 amide bonds. The van der Waals surface area contributed by atoms with Crippen molar-refractivity contribution in [1.82, 2.24) is 0 Å². The SMILES string of the molecule is CCCCCCOC(=O)C(CC(C)=O)C(C)(C)c1ccccc1. The highest BCUT2D eigenvalue weighted by Crippen LogP contribution is 2.35. The van der Waals surface area contributed by atoms with Gasteiger partial charge in [0, 0.05) is 11.8 Å². The summed E-state index contributed by atoms with van der Waals surface area (Å²) in [5.74, 6) is -0.693. The predicted octanol–water partition coefficient (Wildman–Crippen LogP) is 4.68. The first-order valence-corrected chi connectivity index (χ1v) is 8.61. The quantitative estimate of drug-likeness (QED) is 0.464. The summed E-state index contributed by atoms with van der Waals surface area (Å²) >= 11 is 0. The number of carbonyl (C=O) groups excluding carboxylic acids is 2. The Hall–Kier alpha value is -1.64. The van der Waals surface area contributed by atoms with Crippen LogP contribution in [-0.4, -0.2) is 18.4 Å². The molecule has 0 heterocycles. The van der Waals surface area contributed by atoms with Crippen molar-refractivity contribution in [3.8, 4) is 0 Å². The topological polar surface area (TPSA) is 43.4 Å². The van der Waals surface area contributed by atoms with E-state index < -0.39 is 11.3 Å². The fraction of sp³-hybridized carbons (Fsp3) is 0.600. The molecule has 0 aliphatic heterocycles. The first kappa shape index (κ1) is 19.4. The number of esters is 1. The van der Waals surface area contributed by atoms with E-state index in [1.54, 1.807) is 0 Å². The van der Waals surface area contributed by atoms with E-state index in [4.69, 9.17) is 4.74 Å². The molecule has 0 spiro atoms. The molecule has 0 saturated carbocycles. The average molecular weight is 318 g/mol. The molecule has 3 heteroatoms. The number of hydrogen-bond acceptors (Lipinski definition) is 3. The van der Waals surface area contributed by atoms with Crippen molar-refractivity contribution in [2.24, 2.45) is 5.92 Å². The standard InChI is InChI=1S/C20H30O3/c1-5-6-7-11-14-23-19(22)18(15-16(2)21)20(3,4)17-12-9-8-10-13-17/h8-10,12-13,18H,5-7,11,14-15H2,1-4H3. The van der Waals surface area contributed by atoms with Crippen molar-refractivity contribution in [3.63, 3.8) is 0 Å². The highest BCUT2D eigenvalue weighted by molar-refractivity contribution is 5.84. The van der Waals surface area contributed by atoms with Gasteiger partial charge in [-0.05, 0) is 18.9 Å². The Morgan fingerprint density at radius 3 is 2.30 bits per heavy atom. The molecule has 0 fully saturated rings. The lowest BCUT2D eigenvalue weighted by Gasteiger charge is -2.33. The summed E-state index contributed by atoms with van der Waals surface area (Å²) in [6.07, 6.45) is 4.49. The van der Waals surface area contributed by atoms with Gasteiger partial charge in [0.1, 0.15) is 5.78 Å². The van der Waals surface area contributed by atoms with Gasteiger partial charge in [-0.15, -0.1) is 0 Å². The maximum Gasteiger partial charge on any atom is 0.310 e. The molecule has 128 valence electrons. The molecule has 0 N–H and O–H groups in total. The van der Waals surface area contributed by atoms with Crippen LogP contribution in [0.5, 0.6) is 0 Å². The van der Waals surface area contributed by atoms with Gasteiger partial charge in [0.25, 0.3) is 0 Å². The van der Waals surface area contributed by atoms with Crippen LogP contribution in [0.3, 0.4) is 0 Å². The van der Waals surface area contributed by atoms with Crippen LogP contribution in [0.4, 0.5) is 0 Å². The summed E-state index contributed by atoms with van der Waals surface area (Å²) in [5, 5.41) is 0. The maximum absolute atomic E-state index is 12.6. The Morgan fingerprint density at radius 1 is 1.09 bits per heavy atom. The molecule has 1 atom stereocenters. The lowest BCUT2D eigenvalue weighted by Crippen LogP contribution is -2.37. The third kappa shape index (κ3) is 6.17. The van der Waals surface area contributed by atoms with Gasteiger partial charge in [-0.25, -0.2) is 0 Å². The molecule has 0 aromatic heterocycles. The normalized spacial score (nSPS) is 12.7. The van der Waals surface area contributed by atoms with Crippen molar-refractivity contribution < 1.29 is 14.3 Å². The number of Topliss-reactive ketones (excluding diaryl/α,β-unsaturated/α-hetero) is 1. The number of hydrogen-bond donors (Lipinski definition) is 0. The summed E-state index contributed by atoms with van der Waals surface area (Å²) in [6.45, 7) is 8.14. The van der Waals surface area contributed by atoms with E-state index >= 15 is 0 Å². The molecule has 0 bridgehead atoms. The van der Waals surface area contributed by atoms with Gasteiger partial charge in [0.15, 0.2) is 0 Å². The molecule has 23 heavy (non-hydrogen) atoms. The van der Waals surface area contributed by atoms with E-state index in [2.05, 4.69) is 6.92 Å². The van der Waals surface area contributed by atoms with Gasteiger partial charge in [0.05, 0.1) is 12.5 Å². The minimum Gasteiger partial charge on any atom is -0.465 e. The summed E-state index contributed by atoms with van der Waals surface area (Å²) in [6, 6.07) is 9.87. The predicted molar refractivity (Wildman–Crippen MR) is 93.4 cm³/mol. The molecule has 1 unspecified atom stereocenters.